The number of halogens is 1. The van der Waals surface area contributed by atoms with Crippen molar-refractivity contribution >= 4 is 24.2 Å². The van der Waals surface area contributed by atoms with E-state index in [0.717, 1.165) is 0 Å². The number of carbonyl (C=O) groups is 2. The van der Waals surface area contributed by atoms with Crippen LogP contribution >= 0.6 is 12.4 Å². The minimum absolute atomic E-state index is 0. The SMILES string of the molecule is COCC(N)C(=O)NC1CC(=O)N(C)C1.Cl. The molecule has 2 unspecified atom stereocenters. The van der Waals surface area contributed by atoms with Gasteiger partial charge in [0.15, 0.2) is 0 Å². The van der Waals surface area contributed by atoms with Gasteiger partial charge in [-0.3, -0.25) is 9.59 Å². The molecule has 16 heavy (non-hydrogen) atoms. The Morgan fingerprint density at radius 1 is 1.75 bits per heavy atom. The fraction of sp³-hybridized carbons (Fsp3) is 0.778. The van der Waals surface area contributed by atoms with E-state index in [2.05, 4.69) is 5.32 Å². The monoisotopic (exact) mass is 251 g/mol. The third-order valence-electron chi connectivity index (χ3n) is 2.37. The predicted molar refractivity (Wildman–Crippen MR) is 61.3 cm³/mol. The summed E-state index contributed by atoms with van der Waals surface area (Å²) in [7, 11) is 3.20. The molecule has 0 bridgehead atoms. The molecule has 2 amide bonds. The number of nitrogens with one attached hydrogen (secondary N) is 1. The van der Waals surface area contributed by atoms with E-state index in [0.29, 0.717) is 13.0 Å². The summed E-state index contributed by atoms with van der Waals surface area (Å²) >= 11 is 0. The van der Waals surface area contributed by atoms with Crippen LogP contribution in [0.4, 0.5) is 0 Å². The Morgan fingerprint density at radius 3 is 2.81 bits per heavy atom. The Morgan fingerprint density at radius 2 is 2.38 bits per heavy atom. The molecule has 1 aliphatic heterocycles. The zero-order valence-corrected chi connectivity index (χ0v) is 10.3. The highest BCUT2D eigenvalue weighted by atomic mass is 35.5. The molecule has 1 rings (SSSR count). The smallest absolute Gasteiger partial charge is 0.239 e. The lowest BCUT2D eigenvalue weighted by Crippen LogP contribution is -2.48. The number of nitrogens with zero attached hydrogens (tertiary/aromatic N) is 1. The topological polar surface area (TPSA) is 84.7 Å². The van der Waals surface area contributed by atoms with Crippen LogP contribution in [-0.4, -0.2) is 56.1 Å². The van der Waals surface area contributed by atoms with Gasteiger partial charge in [-0.1, -0.05) is 0 Å². The molecule has 1 heterocycles. The summed E-state index contributed by atoms with van der Waals surface area (Å²) in [5, 5.41) is 2.72. The van der Waals surface area contributed by atoms with E-state index in [-0.39, 0.29) is 36.9 Å². The highest BCUT2D eigenvalue weighted by Crippen LogP contribution is 2.08. The number of nitrogens with two attached hydrogens (primary N) is 1. The molecule has 1 fully saturated rings. The van der Waals surface area contributed by atoms with E-state index in [1.165, 1.54) is 7.11 Å². The lowest BCUT2D eigenvalue weighted by molar-refractivity contribution is -0.126. The fourth-order valence-electron chi connectivity index (χ4n) is 1.52. The summed E-state index contributed by atoms with van der Waals surface area (Å²) < 4.78 is 4.77. The van der Waals surface area contributed by atoms with Gasteiger partial charge >= 0.3 is 0 Å². The summed E-state index contributed by atoms with van der Waals surface area (Å²) in [5.41, 5.74) is 5.54. The Kier molecular flexibility index (Phi) is 6.32. The van der Waals surface area contributed by atoms with Gasteiger partial charge < -0.3 is 20.7 Å². The number of hydrogen-bond acceptors (Lipinski definition) is 4. The number of hydrogen-bond donors (Lipinski definition) is 2. The van der Waals surface area contributed by atoms with E-state index < -0.39 is 6.04 Å². The van der Waals surface area contributed by atoms with Gasteiger partial charge in [0.05, 0.1) is 12.6 Å². The van der Waals surface area contributed by atoms with E-state index in [4.69, 9.17) is 10.5 Å². The highest BCUT2D eigenvalue weighted by Gasteiger charge is 2.28. The van der Waals surface area contributed by atoms with Crippen molar-refractivity contribution < 1.29 is 14.3 Å². The summed E-state index contributed by atoms with van der Waals surface area (Å²) in [5.74, 6) is -0.231. The van der Waals surface area contributed by atoms with E-state index >= 15 is 0 Å². The molecule has 1 aliphatic rings. The van der Waals surface area contributed by atoms with Gasteiger partial charge in [0.25, 0.3) is 0 Å². The maximum atomic E-state index is 11.5. The van der Waals surface area contributed by atoms with Gasteiger partial charge in [0.1, 0.15) is 6.04 Å². The van der Waals surface area contributed by atoms with Crippen LogP contribution in [0.5, 0.6) is 0 Å². The minimum Gasteiger partial charge on any atom is -0.383 e. The largest absolute Gasteiger partial charge is 0.383 e. The van der Waals surface area contributed by atoms with Gasteiger partial charge in [0.2, 0.25) is 11.8 Å². The number of rotatable bonds is 4. The van der Waals surface area contributed by atoms with Crippen LogP contribution < -0.4 is 11.1 Å². The molecule has 0 saturated carbocycles. The first-order chi connectivity index (χ1) is 7.04. The average Bonchev–Trinajstić information content (AvgIpc) is 2.46. The summed E-state index contributed by atoms with van der Waals surface area (Å²) in [4.78, 5) is 24.2. The fourth-order valence-corrected chi connectivity index (χ4v) is 1.52. The normalized spacial score (nSPS) is 21.6. The molecule has 0 aromatic carbocycles. The highest BCUT2D eigenvalue weighted by molar-refractivity contribution is 5.85. The summed E-state index contributed by atoms with van der Waals surface area (Å²) in [6.45, 7) is 0.729. The molecule has 2 atom stereocenters. The van der Waals surface area contributed by atoms with Crippen molar-refractivity contribution in [3.8, 4) is 0 Å². The first-order valence-electron chi connectivity index (χ1n) is 4.83. The summed E-state index contributed by atoms with van der Waals surface area (Å²) in [6, 6.07) is -0.797. The van der Waals surface area contributed by atoms with Gasteiger partial charge in [-0.15, -0.1) is 12.4 Å². The molecule has 3 N–H and O–H groups in total. The van der Waals surface area contributed by atoms with Gasteiger partial charge in [-0.05, 0) is 0 Å². The number of likely N-dealkylation sites (N-methyl/N-ethyl adjacent to an activating group) is 1. The molecule has 0 aromatic rings. The molecule has 0 spiro atoms. The van der Waals surface area contributed by atoms with Crippen molar-refractivity contribution in [2.75, 3.05) is 27.3 Å². The Balaban J connectivity index is 0.00000225. The number of methoxy groups -OCH3 is 1. The zero-order valence-electron chi connectivity index (χ0n) is 9.43. The summed E-state index contributed by atoms with van der Waals surface area (Å²) in [6.07, 6.45) is 0.349. The second-order valence-corrected chi connectivity index (χ2v) is 3.75. The first-order valence-corrected chi connectivity index (χ1v) is 4.83. The third kappa shape index (κ3) is 3.96. The Hall–Kier alpha value is -0.850. The van der Waals surface area contributed by atoms with Gasteiger partial charge in [-0.2, -0.15) is 0 Å². The molecule has 7 heteroatoms. The molecule has 6 nitrogen and oxygen atoms in total. The number of amides is 2. The van der Waals surface area contributed by atoms with Crippen molar-refractivity contribution in [1.29, 1.82) is 0 Å². The minimum atomic E-state index is -0.670. The lowest BCUT2D eigenvalue weighted by atomic mass is 10.2. The second kappa shape index (κ2) is 6.67. The van der Waals surface area contributed by atoms with Gasteiger partial charge in [-0.25, -0.2) is 0 Å². The predicted octanol–water partition coefficient (Wildman–Crippen LogP) is -1.27. The van der Waals surface area contributed by atoms with Crippen LogP contribution in [0.1, 0.15) is 6.42 Å². The first kappa shape index (κ1) is 15.2. The van der Waals surface area contributed by atoms with Crippen LogP contribution in [-0.2, 0) is 14.3 Å². The lowest BCUT2D eigenvalue weighted by Gasteiger charge is -2.15. The number of ether oxygens (including phenoxy) is 1. The van der Waals surface area contributed by atoms with Crippen LogP contribution in [0.3, 0.4) is 0 Å². The average molecular weight is 252 g/mol. The molecule has 0 radical (unpaired) electrons. The maximum Gasteiger partial charge on any atom is 0.239 e. The maximum absolute atomic E-state index is 11.5. The molecular formula is C9H18ClN3O3. The second-order valence-electron chi connectivity index (χ2n) is 3.75. The zero-order chi connectivity index (χ0) is 11.4. The van der Waals surface area contributed by atoms with Crippen molar-refractivity contribution in [3.05, 3.63) is 0 Å². The Bertz CT molecular complexity index is 262. The molecule has 1 saturated heterocycles. The van der Waals surface area contributed by atoms with E-state index in [1.807, 2.05) is 0 Å². The van der Waals surface area contributed by atoms with Crippen LogP contribution in [0.15, 0.2) is 0 Å². The quantitative estimate of drug-likeness (QED) is 0.653. The number of carbonyl (C=O) groups excluding carboxylic acids is 2. The third-order valence-corrected chi connectivity index (χ3v) is 2.37. The van der Waals surface area contributed by atoms with Crippen LogP contribution in [0, 0.1) is 0 Å². The number of likely N-dealkylation sites (tertiary alicyclic amines) is 1. The van der Waals surface area contributed by atoms with Crippen molar-refractivity contribution in [1.82, 2.24) is 10.2 Å². The van der Waals surface area contributed by atoms with Crippen molar-refractivity contribution in [2.24, 2.45) is 5.73 Å². The molecular weight excluding hydrogens is 234 g/mol. The van der Waals surface area contributed by atoms with Crippen LogP contribution in [0.2, 0.25) is 0 Å². The molecule has 0 aromatic heterocycles. The molecule has 0 aliphatic carbocycles. The van der Waals surface area contributed by atoms with Crippen molar-refractivity contribution in [2.45, 2.75) is 18.5 Å². The van der Waals surface area contributed by atoms with E-state index in [1.54, 1.807) is 11.9 Å². The standard InChI is InChI=1S/C9H17N3O3.ClH/c1-12-4-6(3-8(12)13)11-9(14)7(10)5-15-2;/h6-7H,3-5,10H2,1-2H3,(H,11,14);1H. The Labute approximate surface area is 101 Å². The van der Waals surface area contributed by atoms with Crippen molar-refractivity contribution in [3.63, 3.8) is 0 Å². The molecule has 94 valence electrons. The van der Waals surface area contributed by atoms with E-state index in [9.17, 15) is 9.59 Å². The van der Waals surface area contributed by atoms with Gasteiger partial charge in [0, 0.05) is 27.1 Å². The van der Waals surface area contributed by atoms with Crippen LogP contribution in [0.25, 0.3) is 0 Å².